The zero-order valence-corrected chi connectivity index (χ0v) is 17.5. The van der Waals surface area contributed by atoms with E-state index in [9.17, 15) is 9.59 Å². The van der Waals surface area contributed by atoms with E-state index in [4.69, 9.17) is 13.6 Å². The Morgan fingerprint density at radius 1 is 1.16 bits per heavy atom. The summed E-state index contributed by atoms with van der Waals surface area (Å²) in [5.41, 5.74) is 2.36. The van der Waals surface area contributed by atoms with Crippen LogP contribution in [0, 0.1) is 0 Å². The van der Waals surface area contributed by atoms with Gasteiger partial charge in [0.15, 0.2) is 17.1 Å². The van der Waals surface area contributed by atoms with Crippen LogP contribution < -0.4 is 15.8 Å². The average molecular weight is 421 g/mol. The molecule has 0 atom stereocenters. The van der Waals surface area contributed by atoms with E-state index in [0.29, 0.717) is 29.5 Å². The molecule has 4 rings (SSSR count). The van der Waals surface area contributed by atoms with E-state index in [-0.39, 0.29) is 24.1 Å². The normalized spacial score (nSPS) is 11.2. The van der Waals surface area contributed by atoms with E-state index in [0.717, 1.165) is 10.1 Å². The third kappa shape index (κ3) is 4.37. The first-order valence-corrected chi connectivity index (χ1v) is 10.1. The number of carbonyl (C=O) groups excluding carboxylic acids is 1. The first kappa shape index (κ1) is 20.5. The van der Waals surface area contributed by atoms with Crippen molar-refractivity contribution in [3.8, 4) is 17.4 Å². The predicted molar refractivity (Wildman–Crippen MR) is 116 cm³/mol. The van der Waals surface area contributed by atoms with Gasteiger partial charge in [-0.15, -0.1) is 5.10 Å². The van der Waals surface area contributed by atoms with Gasteiger partial charge in [-0.1, -0.05) is 38.1 Å². The van der Waals surface area contributed by atoms with Gasteiger partial charge in [0.05, 0.1) is 6.61 Å². The van der Waals surface area contributed by atoms with E-state index in [1.165, 1.54) is 5.56 Å². The summed E-state index contributed by atoms with van der Waals surface area (Å²) in [6, 6.07) is 14.8. The smallest absolute Gasteiger partial charge is 0.437 e. The number of furan rings is 1. The molecule has 8 nitrogen and oxygen atoms in total. The lowest BCUT2D eigenvalue weighted by atomic mass is 10.0. The summed E-state index contributed by atoms with van der Waals surface area (Å²) >= 11 is 0. The quantitative estimate of drug-likeness (QED) is 0.474. The van der Waals surface area contributed by atoms with Crippen LogP contribution in [0.25, 0.3) is 22.6 Å². The fraction of sp³-hybridized carbons (Fsp3) is 0.261. The third-order valence-corrected chi connectivity index (χ3v) is 4.78. The van der Waals surface area contributed by atoms with E-state index in [1.54, 1.807) is 12.1 Å². The Morgan fingerprint density at radius 2 is 1.94 bits per heavy atom. The highest BCUT2D eigenvalue weighted by Crippen LogP contribution is 2.32. The SMILES string of the molecule is CCOc1cccc2cc(-c3nn(CC(=O)Nc4ccc(C(C)C)cc4)c(=O)o3)oc12. The summed E-state index contributed by atoms with van der Waals surface area (Å²) in [6.07, 6.45) is 0. The monoisotopic (exact) mass is 421 g/mol. The highest BCUT2D eigenvalue weighted by Gasteiger charge is 2.18. The number of anilines is 1. The van der Waals surface area contributed by atoms with Gasteiger partial charge in [0.25, 0.3) is 5.89 Å². The van der Waals surface area contributed by atoms with Gasteiger partial charge in [-0.3, -0.25) is 4.79 Å². The van der Waals surface area contributed by atoms with Crippen molar-refractivity contribution in [3.63, 3.8) is 0 Å². The molecule has 2 aromatic heterocycles. The lowest BCUT2D eigenvalue weighted by Crippen LogP contribution is -2.25. The summed E-state index contributed by atoms with van der Waals surface area (Å²) in [6.45, 7) is 6.30. The standard InChI is InChI=1S/C23H23N3O5/c1-4-29-18-7-5-6-16-12-19(30-21(16)18)22-25-26(23(28)31-22)13-20(27)24-17-10-8-15(9-11-17)14(2)3/h5-12,14H,4,13H2,1-3H3,(H,24,27). The summed E-state index contributed by atoms with van der Waals surface area (Å²) in [7, 11) is 0. The topological polar surface area (TPSA) is 99.5 Å². The Bertz CT molecular complexity index is 1260. The van der Waals surface area contributed by atoms with Crippen molar-refractivity contribution in [1.82, 2.24) is 9.78 Å². The van der Waals surface area contributed by atoms with Crippen LogP contribution in [0.4, 0.5) is 5.69 Å². The van der Waals surface area contributed by atoms with E-state index in [2.05, 4.69) is 24.3 Å². The Kier molecular flexibility index (Phi) is 5.62. The molecule has 31 heavy (non-hydrogen) atoms. The number of para-hydroxylation sites is 1. The van der Waals surface area contributed by atoms with Crippen molar-refractivity contribution in [2.45, 2.75) is 33.2 Å². The first-order valence-electron chi connectivity index (χ1n) is 10.1. The average Bonchev–Trinajstić information content (AvgIpc) is 3.33. The molecule has 0 bridgehead atoms. The third-order valence-electron chi connectivity index (χ3n) is 4.78. The van der Waals surface area contributed by atoms with Crippen LogP contribution in [0.3, 0.4) is 0 Å². The highest BCUT2D eigenvalue weighted by molar-refractivity contribution is 5.90. The number of hydrogen-bond donors (Lipinski definition) is 1. The van der Waals surface area contributed by atoms with Gasteiger partial charge in [0.2, 0.25) is 5.91 Å². The largest absolute Gasteiger partial charge is 0.490 e. The lowest BCUT2D eigenvalue weighted by Gasteiger charge is -2.08. The van der Waals surface area contributed by atoms with Crippen molar-refractivity contribution in [2.24, 2.45) is 0 Å². The second kappa shape index (κ2) is 8.51. The first-order chi connectivity index (χ1) is 14.9. The van der Waals surface area contributed by atoms with E-state index < -0.39 is 5.76 Å². The number of hydrogen-bond acceptors (Lipinski definition) is 6. The number of nitrogens with zero attached hydrogens (tertiary/aromatic N) is 2. The van der Waals surface area contributed by atoms with Gasteiger partial charge in [-0.05, 0) is 42.7 Å². The fourth-order valence-electron chi connectivity index (χ4n) is 3.20. The molecule has 8 heteroatoms. The van der Waals surface area contributed by atoms with Gasteiger partial charge in [0.1, 0.15) is 6.54 Å². The van der Waals surface area contributed by atoms with Gasteiger partial charge >= 0.3 is 5.76 Å². The number of ether oxygens (including phenoxy) is 1. The number of benzene rings is 2. The second-order valence-electron chi connectivity index (χ2n) is 7.37. The molecular weight excluding hydrogens is 398 g/mol. The minimum absolute atomic E-state index is 0.00210. The van der Waals surface area contributed by atoms with Crippen molar-refractivity contribution in [2.75, 3.05) is 11.9 Å². The van der Waals surface area contributed by atoms with Crippen LogP contribution >= 0.6 is 0 Å². The maximum Gasteiger partial charge on any atom is 0.437 e. The summed E-state index contributed by atoms with van der Waals surface area (Å²) < 4.78 is 17.5. The number of fused-ring (bicyclic) bond motifs is 1. The molecule has 0 fully saturated rings. The molecule has 2 aromatic carbocycles. The minimum Gasteiger partial charge on any atom is -0.490 e. The Morgan fingerprint density at radius 3 is 2.65 bits per heavy atom. The van der Waals surface area contributed by atoms with Crippen LogP contribution in [-0.4, -0.2) is 22.3 Å². The number of aromatic nitrogens is 2. The molecular formula is C23H23N3O5. The molecule has 160 valence electrons. The van der Waals surface area contributed by atoms with E-state index in [1.807, 2.05) is 43.3 Å². The number of rotatable bonds is 7. The summed E-state index contributed by atoms with van der Waals surface area (Å²) in [5, 5.41) is 7.66. The van der Waals surface area contributed by atoms with Crippen LogP contribution in [0.5, 0.6) is 5.75 Å². The fourth-order valence-corrected chi connectivity index (χ4v) is 3.20. The molecule has 0 saturated carbocycles. The molecule has 1 N–H and O–H groups in total. The van der Waals surface area contributed by atoms with Gasteiger partial charge in [0, 0.05) is 11.1 Å². The van der Waals surface area contributed by atoms with Crippen molar-refractivity contribution < 1.29 is 18.4 Å². The zero-order valence-electron chi connectivity index (χ0n) is 17.5. The Balaban J connectivity index is 1.51. The van der Waals surface area contributed by atoms with Crippen molar-refractivity contribution >= 4 is 22.6 Å². The highest BCUT2D eigenvalue weighted by atomic mass is 16.5. The van der Waals surface area contributed by atoms with Crippen LogP contribution in [0.2, 0.25) is 0 Å². The van der Waals surface area contributed by atoms with Crippen molar-refractivity contribution in [1.29, 1.82) is 0 Å². The number of nitrogens with one attached hydrogen (secondary N) is 1. The van der Waals surface area contributed by atoms with Crippen LogP contribution in [0.1, 0.15) is 32.3 Å². The lowest BCUT2D eigenvalue weighted by molar-refractivity contribution is -0.117. The van der Waals surface area contributed by atoms with E-state index >= 15 is 0 Å². The maximum absolute atomic E-state index is 12.4. The zero-order chi connectivity index (χ0) is 22.0. The number of amides is 1. The summed E-state index contributed by atoms with van der Waals surface area (Å²) in [4.78, 5) is 24.6. The second-order valence-corrected chi connectivity index (χ2v) is 7.37. The molecule has 0 saturated heterocycles. The molecule has 0 unspecified atom stereocenters. The van der Waals surface area contributed by atoms with Gasteiger partial charge in [-0.2, -0.15) is 4.68 Å². The predicted octanol–water partition coefficient (Wildman–Crippen LogP) is 4.41. The van der Waals surface area contributed by atoms with Crippen molar-refractivity contribution in [3.05, 3.63) is 64.6 Å². The molecule has 4 aromatic rings. The van der Waals surface area contributed by atoms with Crippen LogP contribution in [0.15, 0.2) is 62.2 Å². The molecule has 0 aliphatic rings. The van der Waals surface area contributed by atoms with Crippen LogP contribution in [-0.2, 0) is 11.3 Å². The molecule has 2 heterocycles. The molecule has 0 aliphatic carbocycles. The van der Waals surface area contributed by atoms with Gasteiger partial charge < -0.3 is 18.9 Å². The molecule has 0 spiro atoms. The molecule has 1 amide bonds. The Hall–Kier alpha value is -3.81. The molecule has 0 radical (unpaired) electrons. The summed E-state index contributed by atoms with van der Waals surface area (Å²) in [5.74, 6) is 0.143. The van der Waals surface area contributed by atoms with Gasteiger partial charge in [-0.25, -0.2) is 4.79 Å². The minimum atomic E-state index is -0.745. The molecule has 0 aliphatic heterocycles. The maximum atomic E-state index is 12.4. The Labute approximate surface area is 178 Å². The number of carbonyl (C=O) groups is 1.